The lowest BCUT2D eigenvalue weighted by molar-refractivity contribution is 0.0528. The Morgan fingerprint density at radius 3 is 2.67 bits per heavy atom. The Labute approximate surface area is 134 Å². The quantitative estimate of drug-likeness (QED) is 0.575. The molecule has 1 aromatic heterocycles. The van der Waals surface area contributed by atoms with E-state index in [4.69, 9.17) is 16.3 Å². The van der Waals surface area contributed by atoms with Crippen LogP contribution in [0.5, 0.6) is 0 Å². The van der Waals surface area contributed by atoms with E-state index in [1.807, 2.05) is 6.92 Å². The van der Waals surface area contributed by atoms with E-state index in [-0.39, 0.29) is 29.7 Å². The van der Waals surface area contributed by atoms with Gasteiger partial charge in [-0.15, -0.1) is 22.9 Å². The summed E-state index contributed by atoms with van der Waals surface area (Å²) in [5.41, 5.74) is 0.265. The molecular formula is C13H20ClNO4S2. The first-order valence-corrected chi connectivity index (χ1v) is 9.69. The summed E-state index contributed by atoms with van der Waals surface area (Å²) in [6.07, 6.45) is 0.719. The van der Waals surface area contributed by atoms with Crippen LogP contribution in [-0.4, -0.2) is 32.6 Å². The van der Waals surface area contributed by atoms with Crippen LogP contribution < -0.4 is 4.72 Å². The van der Waals surface area contributed by atoms with Gasteiger partial charge in [0.15, 0.2) is 0 Å². The number of thiophene rings is 1. The van der Waals surface area contributed by atoms with Gasteiger partial charge in [-0.25, -0.2) is 13.2 Å². The Bertz CT molecular complexity index is 583. The number of alkyl halides is 1. The molecule has 1 atom stereocenters. The number of hydrogen-bond acceptors (Lipinski definition) is 5. The molecule has 5 nitrogen and oxygen atoms in total. The Hall–Kier alpha value is -0.790. The maximum atomic E-state index is 12.1. The molecule has 0 saturated heterocycles. The summed E-state index contributed by atoms with van der Waals surface area (Å²) in [6, 6.07) is 1.67. The Balaban J connectivity index is 3.01. The second-order valence-electron chi connectivity index (χ2n) is 4.67. The number of sulfonamides is 1. The van der Waals surface area contributed by atoms with Crippen molar-refractivity contribution in [3.63, 3.8) is 0 Å². The molecule has 8 heteroatoms. The highest BCUT2D eigenvalue weighted by Gasteiger charge is 2.22. The van der Waals surface area contributed by atoms with Gasteiger partial charge in [-0.3, -0.25) is 4.72 Å². The second-order valence-corrected chi connectivity index (χ2v) is 7.88. The highest BCUT2D eigenvalue weighted by atomic mass is 35.5. The van der Waals surface area contributed by atoms with E-state index in [2.05, 4.69) is 4.72 Å². The molecule has 1 unspecified atom stereocenters. The van der Waals surface area contributed by atoms with Crippen LogP contribution in [0, 0.1) is 5.92 Å². The lowest BCUT2D eigenvalue weighted by Gasteiger charge is -2.11. The van der Waals surface area contributed by atoms with Crippen molar-refractivity contribution in [2.75, 3.05) is 23.0 Å². The van der Waals surface area contributed by atoms with Crippen LogP contribution in [0.1, 0.15) is 36.0 Å². The SMILES string of the molecule is CCOC(=O)c1cc(CC)sc1NS(=O)(=O)CC(C)CCl. The largest absolute Gasteiger partial charge is 0.462 e. The summed E-state index contributed by atoms with van der Waals surface area (Å²) in [6.45, 7) is 5.64. The van der Waals surface area contributed by atoms with E-state index >= 15 is 0 Å². The number of ether oxygens (including phenoxy) is 1. The lowest BCUT2D eigenvalue weighted by Crippen LogP contribution is -2.22. The molecule has 0 spiro atoms. The van der Waals surface area contributed by atoms with Crippen molar-refractivity contribution in [2.45, 2.75) is 27.2 Å². The smallest absolute Gasteiger partial charge is 0.341 e. The number of esters is 1. The summed E-state index contributed by atoms with van der Waals surface area (Å²) in [4.78, 5) is 12.8. The van der Waals surface area contributed by atoms with Gasteiger partial charge in [-0.05, 0) is 25.3 Å². The minimum Gasteiger partial charge on any atom is -0.462 e. The third-order valence-electron chi connectivity index (χ3n) is 2.64. The van der Waals surface area contributed by atoms with Crippen LogP contribution in [0.4, 0.5) is 5.00 Å². The number of carbonyl (C=O) groups is 1. The van der Waals surface area contributed by atoms with Crippen LogP contribution in [0.2, 0.25) is 0 Å². The van der Waals surface area contributed by atoms with Gasteiger partial charge in [0, 0.05) is 10.8 Å². The summed E-state index contributed by atoms with van der Waals surface area (Å²) in [5.74, 6) is -0.508. The molecule has 120 valence electrons. The molecule has 0 saturated carbocycles. The van der Waals surface area contributed by atoms with Crippen LogP contribution in [0.25, 0.3) is 0 Å². The molecule has 0 amide bonds. The first-order valence-electron chi connectivity index (χ1n) is 6.69. The zero-order chi connectivity index (χ0) is 16.0. The Morgan fingerprint density at radius 2 is 2.14 bits per heavy atom. The average Bonchev–Trinajstić information content (AvgIpc) is 2.80. The van der Waals surface area contributed by atoms with Crippen molar-refractivity contribution in [3.05, 3.63) is 16.5 Å². The molecule has 0 fully saturated rings. The van der Waals surface area contributed by atoms with E-state index < -0.39 is 16.0 Å². The number of carbonyl (C=O) groups excluding carboxylic acids is 1. The maximum Gasteiger partial charge on any atom is 0.341 e. The number of aryl methyl sites for hydroxylation is 1. The van der Waals surface area contributed by atoms with Gasteiger partial charge in [0.25, 0.3) is 0 Å². The fourth-order valence-electron chi connectivity index (χ4n) is 1.65. The van der Waals surface area contributed by atoms with Crippen molar-refractivity contribution in [1.82, 2.24) is 0 Å². The normalized spacial score (nSPS) is 13.0. The molecule has 0 aliphatic carbocycles. The van der Waals surface area contributed by atoms with Crippen molar-refractivity contribution in [1.29, 1.82) is 0 Å². The van der Waals surface area contributed by atoms with Gasteiger partial charge in [0.2, 0.25) is 10.0 Å². The first kappa shape index (κ1) is 18.3. The fourth-order valence-corrected chi connectivity index (χ4v) is 4.62. The monoisotopic (exact) mass is 353 g/mol. The van der Waals surface area contributed by atoms with Crippen molar-refractivity contribution in [3.8, 4) is 0 Å². The molecule has 1 aromatic rings. The van der Waals surface area contributed by atoms with Gasteiger partial charge >= 0.3 is 5.97 Å². The number of hydrogen-bond donors (Lipinski definition) is 1. The number of halogens is 1. The van der Waals surface area contributed by atoms with E-state index in [9.17, 15) is 13.2 Å². The Kier molecular flexibility index (Phi) is 6.96. The molecule has 0 bridgehead atoms. The number of rotatable bonds is 8. The summed E-state index contributed by atoms with van der Waals surface area (Å²) in [7, 11) is -3.54. The highest BCUT2D eigenvalue weighted by Crippen LogP contribution is 2.30. The molecule has 21 heavy (non-hydrogen) atoms. The van der Waals surface area contributed by atoms with Gasteiger partial charge in [0.1, 0.15) is 5.00 Å². The molecule has 0 aliphatic rings. The molecule has 0 aliphatic heterocycles. The zero-order valence-corrected chi connectivity index (χ0v) is 14.7. The van der Waals surface area contributed by atoms with E-state index in [1.54, 1.807) is 19.9 Å². The molecule has 1 rings (SSSR count). The Morgan fingerprint density at radius 1 is 1.48 bits per heavy atom. The third-order valence-corrected chi connectivity index (χ3v) is 6.02. The fraction of sp³-hybridized carbons (Fsp3) is 0.615. The van der Waals surface area contributed by atoms with Crippen molar-refractivity contribution < 1.29 is 17.9 Å². The molecule has 0 aromatic carbocycles. The average molecular weight is 354 g/mol. The first-order chi connectivity index (χ1) is 9.82. The minimum absolute atomic E-state index is 0.0852. The van der Waals surface area contributed by atoms with Gasteiger partial charge in [-0.2, -0.15) is 0 Å². The van der Waals surface area contributed by atoms with Crippen LogP contribution in [0.3, 0.4) is 0 Å². The lowest BCUT2D eigenvalue weighted by atomic mass is 10.2. The third kappa shape index (κ3) is 5.48. The van der Waals surface area contributed by atoms with E-state index in [0.717, 1.165) is 11.3 Å². The molecule has 1 N–H and O–H groups in total. The molecule has 1 heterocycles. The summed E-state index contributed by atoms with van der Waals surface area (Å²) < 4.78 is 31.6. The van der Waals surface area contributed by atoms with Crippen LogP contribution in [0.15, 0.2) is 6.07 Å². The van der Waals surface area contributed by atoms with Gasteiger partial charge < -0.3 is 4.74 Å². The van der Waals surface area contributed by atoms with E-state index in [1.165, 1.54) is 11.3 Å². The number of anilines is 1. The van der Waals surface area contributed by atoms with Gasteiger partial charge in [-0.1, -0.05) is 13.8 Å². The highest BCUT2D eigenvalue weighted by molar-refractivity contribution is 7.92. The summed E-state index contributed by atoms with van der Waals surface area (Å²) >= 11 is 6.90. The maximum absolute atomic E-state index is 12.1. The number of nitrogens with one attached hydrogen (secondary N) is 1. The van der Waals surface area contributed by atoms with Crippen LogP contribution >= 0.6 is 22.9 Å². The second kappa shape index (κ2) is 8.00. The van der Waals surface area contributed by atoms with Crippen molar-refractivity contribution in [2.24, 2.45) is 5.92 Å². The van der Waals surface area contributed by atoms with E-state index in [0.29, 0.717) is 5.00 Å². The topological polar surface area (TPSA) is 72.5 Å². The molecule has 0 radical (unpaired) electrons. The summed E-state index contributed by atoms with van der Waals surface area (Å²) in [5, 5.41) is 0.312. The minimum atomic E-state index is -3.54. The zero-order valence-electron chi connectivity index (χ0n) is 12.3. The predicted octanol–water partition coefficient (Wildman–Crippen LogP) is 3.10. The molecular weight excluding hydrogens is 334 g/mol. The standard InChI is InChI=1S/C13H20ClNO4S2/c1-4-10-6-11(13(16)19-5-2)12(20-10)15-21(17,18)8-9(3)7-14/h6,9,15H,4-5,7-8H2,1-3H3. The van der Waals surface area contributed by atoms with Crippen molar-refractivity contribution >= 4 is 43.9 Å². The predicted molar refractivity (Wildman–Crippen MR) is 86.9 cm³/mol. The van der Waals surface area contributed by atoms with Gasteiger partial charge in [0.05, 0.1) is 17.9 Å². The van der Waals surface area contributed by atoms with Crippen LogP contribution in [-0.2, 0) is 21.2 Å².